The average Bonchev–Trinajstić information content (AvgIpc) is 3.08. The average molecular weight is 457 g/mol. The van der Waals surface area contributed by atoms with Crippen LogP contribution in [0.4, 0.5) is 10.5 Å². The third-order valence-corrected chi connectivity index (χ3v) is 5.52. The second-order valence-corrected chi connectivity index (χ2v) is 7.84. The first-order valence-corrected chi connectivity index (χ1v) is 10.3. The Labute approximate surface area is 188 Å². The molecule has 10 heteroatoms. The van der Waals surface area contributed by atoms with Crippen molar-refractivity contribution in [3.05, 3.63) is 53.2 Å². The van der Waals surface area contributed by atoms with Crippen molar-refractivity contribution in [1.29, 1.82) is 0 Å². The molecule has 3 aromatic rings. The summed E-state index contributed by atoms with van der Waals surface area (Å²) in [5.41, 5.74) is 1.24. The predicted molar refractivity (Wildman–Crippen MR) is 119 cm³/mol. The lowest BCUT2D eigenvalue weighted by Gasteiger charge is -2.22. The zero-order chi connectivity index (χ0) is 22.8. The first kappa shape index (κ1) is 21.5. The Morgan fingerprint density at radius 2 is 2.09 bits per heavy atom. The highest BCUT2D eigenvalue weighted by atomic mass is 35.5. The lowest BCUT2D eigenvalue weighted by Crippen LogP contribution is -2.41. The van der Waals surface area contributed by atoms with Gasteiger partial charge in [0.1, 0.15) is 11.8 Å². The molecule has 1 aromatic heterocycles. The summed E-state index contributed by atoms with van der Waals surface area (Å²) in [5, 5.41) is 20.1. The molecule has 166 valence electrons. The Balaban J connectivity index is 1.46. The van der Waals surface area contributed by atoms with E-state index < -0.39 is 18.0 Å². The zero-order valence-electron chi connectivity index (χ0n) is 17.1. The lowest BCUT2D eigenvalue weighted by molar-refractivity contribution is -0.135. The van der Waals surface area contributed by atoms with E-state index in [9.17, 15) is 19.5 Å². The molecule has 1 unspecified atom stereocenters. The van der Waals surface area contributed by atoms with E-state index in [1.54, 1.807) is 36.5 Å². The van der Waals surface area contributed by atoms with E-state index in [0.29, 0.717) is 33.7 Å². The van der Waals surface area contributed by atoms with Crippen molar-refractivity contribution < 1.29 is 24.2 Å². The highest BCUT2D eigenvalue weighted by Crippen LogP contribution is 2.33. The maximum Gasteiger partial charge on any atom is 0.319 e. The smallest absolute Gasteiger partial charge is 0.319 e. The summed E-state index contributed by atoms with van der Waals surface area (Å²) in [7, 11) is 1.50. The number of hydrogen-bond donors (Lipinski definition) is 4. The van der Waals surface area contributed by atoms with Crippen LogP contribution in [0.3, 0.4) is 0 Å². The molecule has 1 atom stereocenters. The maximum atomic E-state index is 12.3. The van der Waals surface area contributed by atoms with Gasteiger partial charge >= 0.3 is 6.03 Å². The van der Waals surface area contributed by atoms with E-state index in [-0.39, 0.29) is 24.8 Å². The van der Waals surface area contributed by atoms with Crippen LogP contribution < -0.4 is 20.7 Å². The van der Waals surface area contributed by atoms with Gasteiger partial charge in [0.05, 0.1) is 12.8 Å². The molecule has 32 heavy (non-hydrogen) atoms. The molecule has 0 bridgehead atoms. The lowest BCUT2D eigenvalue weighted by atomic mass is 10.1. The molecule has 1 saturated heterocycles. The number of nitrogens with zero attached hydrogens (tertiary/aromatic N) is 1. The predicted octanol–water partition coefficient (Wildman–Crippen LogP) is 3.31. The van der Waals surface area contributed by atoms with Gasteiger partial charge in [-0.25, -0.2) is 4.79 Å². The number of aromatic nitrogens is 1. The number of hydrogen-bond acceptors (Lipinski definition) is 5. The van der Waals surface area contributed by atoms with Gasteiger partial charge in [0.15, 0.2) is 5.88 Å². The fraction of sp³-hybridized carbons (Fsp3) is 0.227. The molecule has 2 aromatic carbocycles. The zero-order valence-corrected chi connectivity index (χ0v) is 17.9. The first-order valence-electron chi connectivity index (χ1n) is 9.90. The van der Waals surface area contributed by atoms with Crippen molar-refractivity contribution in [1.82, 2.24) is 15.2 Å². The molecular formula is C22H21ClN4O5. The maximum absolute atomic E-state index is 12.3. The second kappa shape index (κ2) is 8.80. The number of nitrogens with one attached hydrogen (secondary N) is 3. The van der Waals surface area contributed by atoms with Gasteiger partial charge in [0, 0.05) is 35.0 Å². The minimum absolute atomic E-state index is 0.0418. The van der Waals surface area contributed by atoms with Gasteiger partial charge in [-0.15, -0.1) is 0 Å². The molecule has 4 N–H and O–H groups in total. The van der Waals surface area contributed by atoms with Crippen LogP contribution in [-0.2, 0) is 16.1 Å². The van der Waals surface area contributed by atoms with Crippen molar-refractivity contribution in [2.75, 3.05) is 12.4 Å². The molecule has 1 aliphatic rings. The molecule has 0 aliphatic carbocycles. The van der Waals surface area contributed by atoms with Gasteiger partial charge in [-0.1, -0.05) is 17.7 Å². The fourth-order valence-corrected chi connectivity index (χ4v) is 3.87. The van der Waals surface area contributed by atoms with E-state index in [1.807, 2.05) is 6.07 Å². The summed E-state index contributed by atoms with van der Waals surface area (Å²) >= 11 is 5.98. The van der Waals surface area contributed by atoms with Crippen LogP contribution in [0.1, 0.15) is 24.4 Å². The summed E-state index contributed by atoms with van der Waals surface area (Å²) in [6.07, 6.45) is 2.21. The summed E-state index contributed by atoms with van der Waals surface area (Å²) in [6.45, 7) is 0.231. The SMILES string of the molecule is COc1ccc(Cl)cc1NC(=O)NCc1ccc2c(O)n(C3CCC(=O)NC3=O)cc2c1. The molecule has 0 saturated carbocycles. The number of carbonyl (C=O) groups is 3. The van der Waals surface area contributed by atoms with Crippen LogP contribution in [0.15, 0.2) is 42.6 Å². The van der Waals surface area contributed by atoms with Crippen LogP contribution in [0.25, 0.3) is 10.8 Å². The normalized spacial score (nSPS) is 16.0. The second-order valence-electron chi connectivity index (χ2n) is 7.40. The molecular weight excluding hydrogens is 436 g/mol. The first-order chi connectivity index (χ1) is 15.4. The van der Waals surface area contributed by atoms with E-state index >= 15 is 0 Å². The van der Waals surface area contributed by atoms with Crippen molar-refractivity contribution in [2.24, 2.45) is 0 Å². The fourth-order valence-electron chi connectivity index (χ4n) is 3.69. The number of benzene rings is 2. The number of rotatable bonds is 5. The number of ether oxygens (including phenoxy) is 1. The number of fused-ring (bicyclic) bond motifs is 1. The molecule has 1 fully saturated rings. The minimum Gasteiger partial charge on any atom is -0.495 e. The summed E-state index contributed by atoms with van der Waals surface area (Å²) in [6, 6.07) is 9.14. The molecule has 0 spiro atoms. The highest BCUT2D eigenvalue weighted by Gasteiger charge is 2.30. The Morgan fingerprint density at radius 1 is 1.28 bits per heavy atom. The van der Waals surface area contributed by atoms with E-state index in [2.05, 4.69) is 16.0 Å². The van der Waals surface area contributed by atoms with Gasteiger partial charge < -0.3 is 25.0 Å². The van der Waals surface area contributed by atoms with Crippen molar-refractivity contribution in [3.63, 3.8) is 0 Å². The van der Waals surface area contributed by atoms with Gasteiger partial charge in [-0.3, -0.25) is 14.9 Å². The van der Waals surface area contributed by atoms with Gasteiger partial charge in [-0.2, -0.15) is 0 Å². The summed E-state index contributed by atoms with van der Waals surface area (Å²) < 4.78 is 6.69. The van der Waals surface area contributed by atoms with Crippen LogP contribution in [0.5, 0.6) is 11.6 Å². The summed E-state index contributed by atoms with van der Waals surface area (Å²) in [4.78, 5) is 35.9. The van der Waals surface area contributed by atoms with E-state index in [0.717, 1.165) is 5.56 Å². The van der Waals surface area contributed by atoms with Crippen LogP contribution in [0, 0.1) is 0 Å². The largest absolute Gasteiger partial charge is 0.495 e. The number of urea groups is 1. The number of halogens is 1. The Kier molecular flexibility index (Phi) is 5.91. The number of imide groups is 1. The molecule has 9 nitrogen and oxygen atoms in total. The Hall–Kier alpha value is -3.72. The molecule has 2 heterocycles. The van der Waals surface area contributed by atoms with Crippen LogP contribution in [-0.4, -0.2) is 34.6 Å². The molecule has 1 aliphatic heterocycles. The quantitative estimate of drug-likeness (QED) is 0.439. The summed E-state index contributed by atoms with van der Waals surface area (Å²) in [5.74, 6) is -0.313. The van der Waals surface area contributed by atoms with E-state index in [1.165, 1.54) is 11.7 Å². The number of aromatic hydroxyl groups is 1. The monoisotopic (exact) mass is 456 g/mol. The van der Waals surface area contributed by atoms with Crippen LogP contribution >= 0.6 is 11.6 Å². The van der Waals surface area contributed by atoms with Gasteiger partial charge in [0.2, 0.25) is 11.8 Å². The molecule has 4 amide bonds. The highest BCUT2D eigenvalue weighted by molar-refractivity contribution is 6.31. The van der Waals surface area contributed by atoms with Crippen molar-refractivity contribution >= 4 is 45.9 Å². The molecule has 4 rings (SSSR count). The Morgan fingerprint density at radius 3 is 2.84 bits per heavy atom. The number of anilines is 1. The number of piperidine rings is 1. The third-order valence-electron chi connectivity index (χ3n) is 5.29. The molecule has 0 radical (unpaired) electrons. The number of methoxy groups -OCH3 is 1. The van der Waals surface area contributed by atoms with E-state index in [4.69, 9.17) is 16.3 Å². The number of amides is 4. The number of carbonyl (C=O) groups excluding carboxylic acids is 3. The minimum atomic E-state index is -0.653. The Bertz CT molecular complexity index is 1220. The third kappa shape index (κ3) is 4.33. The van der Waals surface area contributed by atoms with Crippen LogP contribution in [0.2, 0.25) is 5.02 Å². The topological polar surface area (TPSA) is 122 Å². The van der Waals surface area contributed by atoms with Crippen molar-refractivity contribution in [3.8, 4) is 11.6 Å². The standard InChI is InChI=1S/C22H21ClN4O5/c1-32-18-6-3-14(23)9-16(18)25-22(31)24-10-12-2-4-15-13(8-12)11-27(21(15)30)17-5-7-19(28)26-20(17)29/h2-4,6,8-9,11,17,30H,5,7,10H2,1H3,(H2,24,25,31)(H,26,28,29). The van der Waals surface area contributed by atoms with Gasteiger partial charge in [-0.05, 0) is 42.3 Å². The van der Waals surface area contributed by atoms with Gasteiger partial charge in [0.25, 0.3) is 0 Å². The van der Waals surface area contributed by atoms with Crippen molar-refractivity contribution in [2.45, 2.75) is 25.4 Å².